The van der Waals surface area contributed by atoms with E-state index in [2.05, 4.69) is 14.6 Å². The molecule has 0 bridgehead atoms. The molecule has 0 aliphatic rings. The Morgan fingerprint density at radius 1 is 1.63 bits per heavy atom. The first kappa shape index (κ1) is 15.4. The number of nitrogens with one attached hydrogen (secondary N) is 1. The zero-order valence-corrected chi connectivity index (χ0v) is 12.2. The lowest BCUT2D eigenvalue weighted by molar-refractivity contribution is -0.139. The normalized spacial score (nSPS) is 12.8. The minimum Gasteiger partial charge on any atom is -0.468 e. The van der Waals surface area contributed by atoms with Crippen LogP contribution >= 0.6 is 12.2 Å². The number of esters is 1. The van der Waals surface area contributed by atoms with Crippen LogP contribution in [0.3, 0.4) is 0 Å². The highest BCUT2D eigenvalue weighted by molar-refractivity contribution is 7.94. The van der Waals surface area contributed by atoms with E-state index in [9.17, 15) is 13.2 Å². The maximum absolute atomic E-state index is 12.0. The minimum atomic E-state index is -3.97. The van der Waals surface area contributed by atoms with E-state index in [1.54, 1.807) is 0 Å². The smallest absolute Gasteiger partial charge is 0.325 e. The molecule has 1 rings (SSSR count). The van der Waals surface area contributed by atoms with Crippen LogP contribution in [0.15, 0.2) is 6.20 Å². The Kier molecular flexibility index (Phi) is 4.48. The average Bonchev–Trinajstić information content (AvgIpc) is 2.68. The number of aryl methyl sites for hydroxylation is 1. The molecule has 1 unspecified atom stereocenters. The number of nitrogens with zero attached hydrogens (tertiary/aromatic N) is 2. The van der Waals surface area contributed by atoms with Gasteiger partial charge >= 0.3 is 5.97 Å². The van der Waals surface area contributed by atoms with Gasteiger partial charge in [-0.15, -0.1) is 0 Å². The van der Waals surface area contributed by atoms with Gasteiger partial charge in [0.25, 0.3) is 0 Å². The first-order valence-electron chi connectivity index (χ1n) is 5.12. The number of carbonyl (C=O) groups excluding carboxylic acids is 1. The highest BCUT2D eigenvalue weighted by Crippen LogP contribution is 2.17. The van der Waals surface area contributed by atoms with Crippen molar-refractivity contribution >= 4 is 39.0 Å². The largest absolute Gasteiger partial charge is 0.468 e. The van der Waals surface area contributed by atoms with E-state index in [1.165, 1.54) is 24.9 Å². The zero-order valence-electron chi connectivity index (χ0n) is 10.6. The molecule has 0 aromatic carbocycles. The SMILES string of the molecule is COC(=O)C(C)S(=O)(=O)Nc1c(C(N)=S)cnn1C. The molecule has 1 atom stereocenters. The number of thiocarbonyl (C=S) groups is 1. The molecule has 10 heteroatoms. The molecule has 0 amide bonds. The molecule has 0 radical (unpaired) electrons. The molecule has 1 heterocycles. The number of hydrogen-bond acceptors (Lipinski definition) is 6. The second kappa shape index (κ2) is 5.53. The number of carbonyl (C=O) groups is 1. The van der Waals surface area contributed by atoms with Crippen LogP contribution in [0.25, 0.3) is 0 Å². The number of nitrogens with two attached hydrogens (primary N) is 1. The highest BCUT2D eigenvalue weighted by Gasteiger charge is 2.30. The van der Waals surface area contributed by atoms with Gasteiger partial charge in [-0.1, -0.05) is 12.2 Å². The van der Waals surface area contributed by atoms with Gasteiger partial charge in [0.15, 0.2) is 5.25 Å². The van der Waals surface area contributed by atoms with Gasteiger partial charge in [-0.3, -0.25) is 14.2 Å². The van der Waals surface area contributed by atoms with Gasteiger partial charge in [-0.25, -0.2) is 8.42 Å². The molecule has 0 fully saturated rings. The van der Waals surface area contributed by atoms with E-state index in [0.29, 0.717) is 0 Å². The summed E-state index contributed by atoms with van der Waals surface area (Å²) < 4.78 is 31.9. The number of hydrogen-bond donors (Lipinski definition) is 2. The Morgan fingerprint density at radius 2 is 2.21 bits per heavy atom. The van der Waals surface area contributed by atoms with Crippen LogP contribution in [0.5, 0.6) is 0 Å². The van der Waals surface area contributed by atoms with Crippen molar-refractivity contribution in [2.75, 3.05) is 11.8 Å². The molecule has 0 spiro atoms. The maximum Gasteiger partial charge on any atom is 0.325 e. The summed E-state index contributed by atoms with van der Waals surface area (Å²) in [5.74, 6) is -0.769. The quantitative estimate of drug-likeness (QED) is 0.549. The summed E-state index contributed by atoms with van der Waals surface area (Å²) in [5, 5.41) is 2.48. The Hall–Kier alpha value is -1.68. The first-order valence-corrected chi connectivity index (χ1v) is 7.07. The highest BCUT2D eigenvalue weighted by atomic mass is 32.2. The third-order valence-electron chi connectivity index (χ3n) is 2.44. The van der Waals surface area contributed by atoms with Gasteiger partial charge in [0.05, 0.1) is 18.9 Å². The predicted molar refractivity (Wildman–Crippen MR) is 73.1 cm³/mol. The molecule has 0 saturated carbocycles. The molecule has 8 nitrogen and oxygen atoms in total. The number of rotatable bonds is 5. The molecule has 1 aromatic rings. The minimum absolute atomic E-state index is 0.00322. The van der Waals surface area contributed by atoms with Gasteiger partial charge < -0.3 is 10.5 Å². The molecule has 0 saturated heterocycles. The summed E-state index contributed by atoms with van der Waals surface area (Å²) in [5.41, 5.74) is 5.74. The Bertz CT molecular complexity index is 608. The summed E-state index contributed by atoms with van der Waals surface area (Å²) >= 11 is 4.79. The van der Waals surface area contributed by atoms with Crippen molar-refractivity contribution < 1.29 is 17.9 Å². The molecule has 3 N–H and O–H groups in total. The third-order valence-corrected chi connectivity index (χ3v) is 4.26. The van der Waals surface area contributed by atoms with Crippen molar-refractivity contribution in [3.63, 3.8) is 0 Å². The Balaban J connectivity index is 3.12. The lowest BCUT2D eigenvalue weighted by Crippen LogP contribution is -2.34. The predicted octanol–water partition coefficient (Wildman–Crippen LogP) is -0.642. The first-order chi connectivity index (χ1) is 8.70. The molecule has 0 aliphatic heterocycles. The van der Waals surface area contributed by atoms with Crippen molar-refractivity contribution in [2.24, 2.45) is 12.8 Å². The van der Waals surface area contributed by atoms with Gasteiger partial charge in [0, 0.05) is 7.05 Å². The summed E-state index contributed by atoms with van der Waals surface area (Å²) in [6.45, 7) is 1.21. The monoisotopic (exact) mass is 306 g/mol. The zero-order chi connectivity index (χ0) is 14.8. The van der Waals surface area contributed by atoms with Crippen LogP contribution in [0.2, 0.25) is 0 Å². The van der Waals surface area contributed by atoms with Crippen LogP contribution < -0.4 is 10.5 Å². The number of aromatic nitrogens is 2. The standard InChI is InChI=1S/C9H14N4O4S2/c1-5(9(14)17-3)19(15,16)12-8-6(7(10)18)4-11-13(8)2/h4-5,12H,1-3H3,(H2,10,18). The van der Waals surface area contributed by atoms with Crippen molar-refractivity contribution in [3.05, 3.63) is 11.8 Å². The van der Waals surface area contributed by atoms with Crippen molar-refractivity contribution in [1.82, 2.24) is 9.78 Å². The Morgan fingerprint density at radius 3 is 2.68 bits per heavy atom. The van der Waals surface area contributed by atoms with E-state index < -0.39 is 21.2 Å². The van der Waals surface area contributed by atoms with Gasteiger partial charge in [-0.05, 0) is 6.92 Å². The van der Waals surface area contributed by atoms with E-state index in [0.717, 1.165) is 7.11 Å². The lowest BCUT2D eigenvalue weighted by atomic mass is 10.3. The van der Waals surface area contributed by atoms with E-state index in [4.69, 9.17) is 18.0 Å². The summed E-state index contributed by atoms with van der Waals surface area (Å²) in [7, 11) is -1.35. The number of sulfonamides is 1. The van der Waals surface area contributed by atoms with Crippen LogP contribution in [0, 0.1) is 0 Å². The molecule has 1 aromatic heterocycles. The summed E-state index contributed by atoms with van der Waals surface area (Å²) in [4.78, 5) is 11.3. The fourth-order valence-corrected chi connectivity index (χ4v) is 2.44. The van der Waals surface area contributed by atoms with E-state index in [-0.39, 0.29) is 16.4 Å². The number of methoxy groups -OCH3 is 1. The number of ether oxygens (including phenoxy) is 1. The van der Waals surface area contributed by atoms with Crippen LogP contribution in [0.4, 0.5) is 5.82 Å². The van der Waals surface area contributed by atoms with Crippen molar-refractivity contribution in [3.8, 4) is 0 Å². The fourth-order valence-electron chi connectivity index (χ4n) is 1.25. The topological polar surface area (TPSA) is 116 Å². The maximum atomic E-state index is 12.0. The second-order valence-corrected chi connectivity index (χ2v) is 6.15. The molecule has 106 valence electrons. The summed E-state index contributed by atoms with van der Waals surface area (Å²) in [6, 6.07) is 0. The Labute approximate surface area is 116 Å². The average molecular weight is 306 g/mol. The molecule has 0 aliphatic carbocycles. The van der Waals surface area contributed by atoms with E-state index in [1.807, 2.05) is 0 Å². The molecule has 19 heavy (non-hydrogen) atoms. The summed E-state index contributed by atoms with van der Waals surface area (Å²) in [6.07, 6.45) is 1.34. The van der Waals surface area contributed by atoms with Crippen LogP contribution in [-0.2, 0) is 26.6 Å². The lowest BCUT2D eigenvalue weighted by Gasteiger charge is -2.14. The second-order valence-electron chi connectivity index (χ2n) is 3.71. The van der Waals surface area contributed by atoms with Crippen LogP contribution in [0.1, 0.15) is 12.5 Å². The number of anilines is 1. The van der Waals surface area contributed by atoms with Crippen molar-refractivity contribution in [1.29, 1.82) is 0 Å². The molecular weight excluding hydrogens is 292 g/mol. The van der Waals surface area contributed by atoms with Gasteiger partial charge in [0.2, 0.25) is 10.0 Å². The fraction of sp³-hybridized carbons (Fsp3) is 0.444. The van der Waals surface area contributed by atoms with Gasteiger partial charge in [0.1, 0.15) is 10.8 Å². The van der Waals surface area contributed by atoms with Gasteiger partial charge in [-0.2, -0.15) is 5.10 Å². The molecular formula is C9H14N4O4S2. The van der Waals surface area contributed by atoms with Crippen LogP contribution in [-0.4, -0.2) is 41.5 Å². The van der Waals surface area contributed by atoms with Crippen molar-refractivity contribution in [2.45, 2.75) is 12.2 Å². The van der Waals surface area contributed by atoms with E-state index >= 15 is 0 Å². The third kappa shape index (κ3) is 3.20.